The van der Waals surface area contributed by atoms with Crippen LogP contribution in [-0.4, -0.2) is 15.9 Å². The number of hydrogen-bond donors (Lipinski definition) is 1. The van der Waals surface area contributed by atoms with E-state index in [-0.39, 0.29) is 11.4 Å². The molecular weight excluding hydrogens is 253 g/mol. The number of rotatable bonds is 3. The fraction of sp³-hybridized carbons (Fsp3) is 0.625. The van der Waals surface area contributed by atoms with Crippen LogP contribution >= 0.6 is 22.6 Å². The van der Waals surface area contributed by atoms with E-state index >= 15 is 0 Å². The van der Waals surface area contributed by atoms with Crippen molar-refractivity contribution in [3.05, 3.63) is 12.2 Å². The number of nitrogens with one attached hydrogen (secondary N) is 1. The summed E-state index contributed by atoms with van der Waals surface area (Å²) >= 11 is 2.24. The maximum atomic E-state index is 11.1. The van der Waals surface area contributed by atoms with Gasteiger partial charge in [-0.1, -0.05) is 29.2 Å². The summed E-state index contributed by atoms with van der Waals surface area (Å²) in [4.78, 5) is 11.1. The monoisotopic (exact) mass is 267 g/mol. The number of carbonyl (C=O) groups excluding carboxylic acids is 1. The summed E-state index contributed by atoms with van der Waals surface area (Å²) in [7, 11) is 0. The topological polar surface area (TPSA) is 29.1 Å². The fourth-order valence-corrected chi connectivity index (χ4v) is 0.638. The molecule has 0 heterocycles. The summed E-state index contributed by atoms with van der Waals surface area (Å²) in [6.45, 7) is 9.24. The van der Waals surface area contributed by atoms with Crippen LogP contribution in [0.25, 0.3) is 0 Å². The van der Waals surface area contributed by atoms with Gasteiger partial charge in [0.2, 0.25) is 5.91 Å². The Labute approximate surface area is 81.6 Å². The molecule has 0 saturated heterocycles. The Bertz CT molecular complexity index is 175. The lowest BCUT2D eigenvalue weighted by atomic mass is 10.1. The van der Waals surface area contributed by atoms with Gasteiger partial charge in [-0.25, -0.2) is 0 Å². The van der Waals surface area contributed by atoms with Crippen molar-refractivity contribution in [3.63, 3.8) is 0 Å². The molecule has 0 rings (SSSR count). The Kier molecular flexibility index (Phi) is 4.07. The molecule has 0 aromatic carbocycles. The third-order valence-electron chi connectivity index (χ3n) is 1.17. The van der Waals surface area contributed by atoms with E-state index < -0.39 is 0 Å². The molecule has 64 valence electrons. The minimum Gasteiger partial charge on any atom is -0.347 e. The van der Waals surface area contributed by atoms with Crippen LogP contribution < -0.4 is 5.32 Å². The van der Waals surface area contributed by atoms with Crippen LogP contribution in [-0.2, 0) is 4.79 Å². The average molecular weight is 267 g/mol. The molecule has 0 atom stereocenters. The van der Waals surface area contributed by atoms with Gasteiger partial charge < -0.3 is 5.32 Å². The molecular formula is C8H14INO. The summed E-state index contributed by atoms with van der Waals surface area (Å²) in [6.07, 6.45) is 0. The van der Waals surface area contributed by atoms with Crippen molar-refractivity contribution in [3.8, 4) is 0 Å². The summed E-state index contributed by atoms with van der Waals surface area (Å²) in [5.74, 6) is -0.0633. The highest BCUT2D eigenvalue weighted by atomic mass is 127. The summed E-state index contributed by atoms with van der Waals surface area (Å²) in [5.41, 5.74) is 0.430. The first-order valence-corrected chi connectivity index (χ1v) is 4.95. The van der Waals surface area contributed by atoms with E-state index in [9.17, 15) is 4.79 Å². The molecule has 1 N–H and O–H groups in total. The lowest BCUT2D eigenvalue weighted by molar-refractivity contribution is -0.118. The second-order valence-electron chi connectivity index (χ2n) is 3.25. The Morgan fingerprint density at radius 2 is 2.09 bits per heavy atom. The zero-order valence-electron chi connectivity index (χ0n) is 7.20. The van der Waals surface area contributed by atoms with Crippen LogP contribution in [0.3, 0.4) is 0 Å². The highest BCUT2D eigenvalue weighted by Crippen LogP contribution is 2.07. The van der Waals surface area contributed by atoms with Gasteiger partial charge in [0.1, 0.15) is 0 Å². The highest BCUT2D eigenvalue weighted by Gasteiger charge is 2.18. The van der Waals surface area contributed by atoms with Gasteiger partial charge in [-0.05, 0) is 20.8 Å². The van der Waals surface area contributed by atoms with Crippen molar-refractivity contribution in [1.82, 2.24) is 5.32 Å². The summed E-state index contributed by atoms with van der Waals surface area (Å²) < 4.78 is 0.893. The van der Waals surface area contributed by atoms with Crippen molar-refractivity contribution in [2.24, 2.45) is 0 Å². The zero-order valence-corrected chi connectivity index (χ0v) is 9.36. The average Bonchev–Trinajstić information content (AvgIpc) is 1.87. The minimum absolute atomic E-state index is 0.0633. The van der Waals surface area contributed by atoms with Gasteiger partial charge in [0.25, 0.3) is 0 Å². The molecule has 0 radical (unpaired) electrons. The number of halogens is 1. The molecule has 0 aliphatic rings. The van der Waals surface area contributed by atoms with Crippen LogP contribution in [0.5, 0.6) is 0 Å². The Morgan fingerprint density at radius 1 is 1.64 bits per heavy atom. The third kappa shape index (κ3) is 4.40. The van der Waals surface area contributed by atoms with E-state index in [0.29, 0.717) is 5.57 Å². The first-order valence-electron chi connectivity index (χ1n) is 3.43. The van der Waals surface area contributed by atoms with Crippen molar-refractivity contribution in [2.75, 3.05) is 4.43 Å². The van der Waals surface area contributed by atoms with Crippen LogP contribution in [0.1, 0.15) is 20.8 Å². The SMILES string of the molecule is C=C(C)C(=O)NC(C)(C)CI. The zero-order chi connectivity index (χ0) is 9.07. The maximum absolute atomic E-state index is 11.1. The maximum Gasteiger partial charge on any atom is 0.246 e. The fourth-order valence-electron chi connectivity index (χ4n) is 0.447. The molecule has 0 fully saturated rings. The predicted molar refractivity (Wildman–Crippen MR) is 55.9 cm³/mol. The molecule has 2 nitrogen and oxygen atoms in total. The van der Waals surface area contributed by atoms with Gasteiger partial charge in [0.05, 0.1) is 0 Å². The molecule has 0 bridgehead atoms. The summed E-state index contributed by atoms with van der Waals surface area (Å²) in [5, 5.41) is 2.86. The van der Waals surface area contributed by atoms with Crippen molar-refractivity contribution >= 4 is 28.5 Å². The normalized spacial score (nSPS) is 10.9. The second kappa shape index (κ2) is 4.09. The third-order valence-corrected chi connectivity index (χ3v) is 3.08. The molecule has 0 unspecified atom stereocenters. The largest absolute Gasteiger partial charge is 0.347 e. The van der Waals surface area contributed by atoms with Gasteiger partial charge >= 0.3 is 0 Å². The molecule has 0 aromatic heterocycles. The van der Waals surface area contributed by atoms with Gasteiger partial charge in [-0.2, -0.15) is 0 Å². The molecule has 0 saturated carbocycles. The van der Waals surface area contributed by atoms with Crippen molar-refractivity contribution in [2.45, 2.75) is 26.3 Å². The summed E-state index contributed by atoms with van der Waals surface area (Å²) in [6, 6.07) is 0. The predicted octanol–water partition coefficient (Wildman–Crippen LogP) is 1.89. The van der Waals surface area contributed by atoms with E-state index in [0.717, 1.165) is 4.43 Å². The van der Waals surface area contributed by atoms with Crippen molar-refractivity contribution in [1.29, 1.82) is 0 Å². The first-order chi connectivity index (χ1) is 4.89. The molecule has 1 amide bonds. The Hall–Kier alpha value is -0.0600. The molecule has 0 spiro atoms. The van der Waals surface area contributed by atoms with Gasteiger partial charge in [-0.15, -0.1) is 0 Å². The molecule has 0 aliphatic heterocycles. The smallest absolute Gasteiger partial charge is 0.246 e. The lowest BCUT2D eigenvalue weighted by Crippen LogP contribution is -2.44. The second-order valence-corrected chi connectivity index (χ2v) is 4.01. The van der Waals surface area contributed by atoms with Crippen molar-refractivity contribution < 1.29 is 4.79 Å². The first kappa shape index (κ1) is 10.9. The van der Waals surface area contributed by atoms with E-state index in [4.69, 9.17) is 0 Å². The van der Waals surface area contributed by atoms with Gasteiger partial charge in [-0.3, -0.25) is 4.79 Å². The van der Waals surface area contributed by atoms with E-state index in [2.05, 4.69) is 34.5 Å². The molecule has 0 aliphatic carbocycles. The van der Waals surface area contributed by atoms with Crippen LogP contribution in [0.15, 0.2) is 12.2 Å². The molecule has 3 heteroatoms. The van der Waals surface area contributed by atoms with Gasteiger partial charge in [0.15, 0.2) is 0 Å². The Morgan fingerprint density at radius 3 is 2.36 bits per heavy atom. The number of alkyl halides is 1. The van der Waals surface area contributed by atoms with E-state index in [1.54, 1.807) is 6.92 Å². The number of amides is 1. The van der Waals surface area contributed by atoms with Crippen LogP contribution in [0.2, 0.25) is 0 Å². The van der Waals surface area contributed by atoms with Gasteiger partial charge in [0, 0.05) is 15.5 Å². The van der Waals surface area contributed by atoms with Crippen LogP contribution in [0.4, 0.5) is 0 Å². The highest BCUT2D eigenvalue weighted by molar-refractivity contribution is 14.1. The number of carbonyl (C=O) groups is 1. The quantitative estimate of drug-likeness (QED) is 0.472. The van der Waals surface area contributed by atoms with Crippen LogP contribution in [0, 0.1) is 0 Å². The Balaban J connectivity index is 4.04. The molecule has 0 aromatic rings. The lowest BCUT2D eigenvalue weighted by Gasteiger charge is -2.23. The standard InChI is InChI=1S/C8H14INO/c1-6(2)7(11)10-8(3,4)5-9/h1,5H2,2-4H3,(H,10,11). The minimum atomic E-state index is -0.128. The van der Waals surface area contributed by atoms with E-state index in [1.165, 1.54) is 0 Å². The molecule has 11 heavy (non-hydrogen) atoms. The van der Waals surface area contributed by atoms with E-state index in [1.807, 2.05) is 13.8 Å². The number of hydrogen-bond acceptors (Lipinski definition) is 1.